The van der Waals surface area contributed by atoms with E-state index in [-0.39, 0.29) is 0 Å². The first-order valence-electron chi connectivity index (χ1n) is 4.60. The van der Waals surface area contributed by atoms with Crippen molar-refractivity contribution in [3.05, 3.63) is 0 Å². The van der Waals surface area contributed by atoms with Crippen molar-refractivity contribution in [2.75, 3.05) is 0 Å². The second-order valence-electron chi connectivity index (χ2n) is 4.63. The van der Waals surface area contributed by atoms with E-state index in [4.69, 9.17) is 0 Å². The number of carbonyl (C=O) groups excluding carboxylic acids is 1. The topological polar surface area (TPSA) is 17.1 Å². The first-order valence-corrected chi connectivity index (χ1v) is 4.60. The van der Waals surface area contributed by atoms with Crippen molar-refractivity contribution < 1.29 is 4.79 Å². The lowest BCUT2D eigenvalue weighted by atomic mass is 9.90. The van der Waals surface area contributed by atoms with E-state index in [0.29, 0.717) is 23.0 Å². The molecule has 0 heterocycles. The van der Waals surface area contributed by atoms with Crippen LogP contribution in [0.15, 0.2) is 0 Å². The van der Waals surface area contributed by atoms with Gasteiger partial charge < -0.3 is 0 Å². The summed E-state index contributed by atoms with van der Waals surface area (Å²) >= 11 is 0. The third-order valence-corrected chi connectivity index (χ3v) is 3.94. The maximum Gasteiger partial charge on any atom is 0.136 e. The van der Waals surface area contributed by atoms with Crippen LogP contribution in [0.4, 0.5) is 0 Å². The lowest BCUT2D eigenvalue weighted by Gasteiger charge is -2.14. The SMILES string of the molecule is CC(C)[C@]12CC(=O)[C@@H](C)[C@@H]1C2. The molecule has 0 aromatic heterocycles. The van der Waals surface area contributed by atoms with Crippen molar-refractivity contribution in [2.24, 2.45) is 23.2 Å². The van der Waals surface area contributed by atoms with Crippen molar-refractivity contribution in [3.8, 4) is 0 Å². The molecule has 0 radical (unpaired) electrons. The van der Waals surface area contributed by atoms with Gasteiger partial charge in [-0.1, -0.05) is 20.8 Å². The van der Waals surface area contributed by atoms with Gasteiger partial charge in [0.15, 0.2) is 0 Å². The molecule has 0 saturated heterocycles. The van der Waals surface area contributed by atoms with Crippen LogP contribution in [-0.2, 0) is 4.79 Å². The number of rotatable bonds is 1. The van der Waals surface area contributed by atoms with Crippen LogP contribution in [0.5, 0.6) is 0 Å². The molecular weight excluding hydrogens is 136 g/mol. The monoisotopic (exact) mass is 152 g/mol. The van der Waals surface area contributed by atoms with E-state index in [1.807, 2.05) is 0 Å². The highest BCUT2D eigenvalue weighted by molar-refractivity contribution is 5.86. The minimum absolute atomic E-state index is 0.373. The normalized spacial score (nSPS) is 48.2. The van der Waals surface area contributed by atoms with E-state index >= 15 is 0 Å². The quantitative estimate of drug-likeness (QED) is 0.563. The van der Waals surface area contributed by atoms with Crippen LogP contribution >= 0.6 is 0 Å². The van der Waals surface area contributed by atoms with E-state index in [9.17, 15) is 4.79 Å². The smallest absolute Gasteiger partial charge is 0.136 e. The standard InChI is InChI=1S/C10H16O/c1-6(2)10-4-8(10)7(3)9(11)5-10/h6-8H,4-5H2,1-3H3/t7-,8-,10-/m0/s1. The van der Waals surface area contributed by atoms with E-state index in [1.54, 1.807) is 0 Å². The maximum absolute atomic E-state index is 11.3. The first kappa shape index (κ1) is 7.33. The summed E-state index contributed by atoms with van der Waals surface area (Å²) in [6, 6.07) is 0. The van der Waals surface area contributed by atoms with Gasteiger partial charge in [0.25, 0.3) is 0 Å². The largest absolute Gasteiger partial charge is 0.299 e. The Hall–Kier alpha value is -0.330. The number of Topliss-reactive ketones (excluding diaryl/α,β-unsaturated/α-hetero) is 1. The highest BCUT2D eigenvalue weighted by Gasteiger charge is 2.64. The van der Waals surface area contributed by atoms with Crippen molar-refractivity contribution >= 4 is 5.78 Å². The Morgan fingerprint density at radius 2 is 2.18 bits per heavy atom. The maximum atomic E-state index is 11.3. The second-order valence-corrected chi connectivity index (χ2v) is 4.63. The molecule has 1 nitrogen and oxygen atoms in total. The molecule has 2 aliphatic rings. The first-order chi connectivity index (χ1) is 5.08. The van der Waals surface area contributed by atoms with Crippen LogP contribution in [0.25, 0.3) is 0 Å². The summed E-state index contributed by atoms with van der Waals surface area (Å²) in [5.41, 5.74) is 0.455. The Kier molecular flexibility index (Phi) is 1.25. The molecule has 0 aromatic rings. The molecule has 0 bridgehead atoms. The average molecular weight is 152 g/mol. The zero-order valence-corrected chi connectivity index (χ0v) is 7.55. The van der Waals surface area contributed by atoms with Crippen LogP contribution < -0.4 is 0 Å². The van der Waals surface area contributed by atoms with Crippen molar-refractivity contribution in [1.82, 2.24) is 0 Å². The highest BCUT2D eigenvalue weighted by Crippen LogP contribution is 2.68. The van der Waals surface area contributed by atoms with Gasteiger partial charge in [0.2, 0.25) is 0 Å². The van der Waals surface area contributed by atoms with Crippen molar-refractivity contribution in [1.29, 1.82) is 0 Å². The molecule has 2 saturated carbocycles. The van der Waals surface area contributed by atoms with Crippen LogP contribution in [0.2, 0.25) is 0 Å². The van der Waals surface area contributed by atoms with Crippen LogP contribution in [0, 0.1) is 23.2 Å². The van der Waals surface area contributed by atoms with E-state index < -0.39 is 0 Å². The Labute approximate surface area is 68.2 Å². The summed E-state index contributed by atoms with van der Waals surface area (Å²) in [5, 5.41) is 0. The Morgan fingerprint density at radius 1 is 1.55 bits per heavy atom. The molecule has 1 heteroatoms. The fourth-order valence-corrected chi connectivity index (χ4v) is 2.81. The summed E-state index contributed by atoms with van der Waals surface area (Å²) in [5.74, 6) is 2.34. The predicted molar refractivity (Wildman–Crippen MR) is 44.2 cm³/mol. The molecule has 0 aromatic carbocycles. The van der Waals surface area contributed by atoms with E-state index in [2.05, 4.69) is 20.8 Å². The lowest BCUT2D eigenvalue weighted by molar-refractivity contribution is -0.121. The van der Waals surface area contributed by atoms with E-state index in [1.165, 1.54) is 6.42 Å². The van der Waals surface area contributed by atoms with E-state index in [0.717, 1.165) is 12.3 Å². The Balaban J connectivity index is 2.20. The molecule has 0 amide bonds. The minimum Gasteiger partial charge on any atom is -0.299 e. The Bertz CT molecular complexity index is 207. The molecular formula is C10H16O. The fourth-order valence-electron chi connectivity index (χ4n) is 2.81. The van der Waals surface area contributed by atoms with Gasteiger partial charge in [0.05, 0.1) is 0 Å². The van der Waals surface area contributed by atoms with Gasteiger partial charge in [-0.25, -0.2) is 0 Å². The van der Waals surface area contributed by atoms with Gasteiger partial charge in [0, 0.05) is 12.3 Å². The Morgan fingerprint density at radius 3 is 2.45 bits per heavy atom. The summed E-state index contributed by atoms with van der Waals surface area (Å²) in [7, 11) is 0. The summed E-state index contributed by atoms with van der Waals surface area (Å²) in [6.07, 6.45) is 2.19. The fraction of sp³-hybridized carbons (Fsp3) is 0.900. The summed E-state index contributed by atoms with van der Waals surface area (Å²) < 4.78 is 0. The summed E-state index contributed by atoms with van der Waals surface area (Å²) in [6.45, 7) is 6.61. The predicted octanol–water partition coefficient (Wildman–Crippen LogP) is 2.26. The molecule has 62 valence electrons. The molecule has 0 unspecified atom stereocenters. The van der Waals surface area contributed by atoms with Gasteiger partial charge in [0.1, 0.15) is 5.78 Å². The summed E-state index contributed by atoms with van der Waals surface area (Å²) in [4.78, 5) is 11.3. The van der Waals surface area contributed by atoms with Crippen LogP contribution in [0.3, 0.4) is 0 Å². The highest BCUT2D eigenvalue weighted by atomic mass is 16.1. The molecule has 2 fully saturated rings. The molecule has 0 spiro atoms. The lowest BCUT2D eigenvalue weighted by Crippen LogP contribution is -2.10. The molecule has 11 heavy (non-hydrogen) atoms. The number of hydrogen-bond acceptors (Lipinski definition) is 1. The zero-order chi connectivity index (χ0) is 8.22. The van der Waals surface area contributed by atoms with Gasteiger partial charge in [-0.2, -0.15) is 0 Å². The van der Waals surface area contributed by atoms with Gasteiger partial charge in [-0.3, -0.25) is 4.79 Å². The molecule has 2 aliphatic carbocycles. The molecule has 2 rings (SSSR count). The third-order valence-electron chi connectivity index (χ3n) is 3.94. The van der Waals surface area contributed by atoms with Crippen molar-refractivity contribution in [2.45, 2.75) is 33.6 Å². The number of hydrogen-bond donors (Lipinski definition) is 0. The molecule has 0 aliphatic heterocycles. The number of carbonyl (C=O) groups is 1. The van der Waals surface area contributed by atoms with Gasteiger partial charge in [-0.05, 0) is 23.7 Å². The number of ketones is 1. The van der Waals surface area contributed by atoms with Crippen LogP contribution in [0.1, 0.15) is 33.6 Å². The van der Waals surface area contributed by atoms with Crippen molar-refractivity contribution in [3.63, 3.8) is 0 Å². The molecule has 3 atom stereocenters. The van der Waals surface area contributed by atoms with Gasteiger partial charge in [-0.15, -0.1) is 0 Å². The zero-order valence-electron chi connectivity index (χ0n) is 7.55. The number of fused-ring (bicyclic) bond motifs is 1. The second kappa shape index (κ2) is 1.88. The van der Waals surface area contributed by atoms with Crippen LogP contribution in [-0.4, -0.2) is 5.78 Å². The van der Waals surface area contributed by atoms with Gasteiger partial charge >= 0.3 is 0 Å². The average Bonchev–Trinajstić information content (AvgIpc) is 2.57. The minimum atomic E-state index is 0.373. The third kappa shape index (κ3) is 0.743. The molecule has 0 N–H and O–H groups in total.